The maximum Gasteiger partial charge on any atom is 0.326 e. The zero-order chi connectivity index (χ0) is 28.1. The third kappa shape index (κ3) is 6.63. The first-order valence-corrected chi connectivity index (χ1v) is 13.9. The SMILES string of the molecule is O=C(N[C@@H](Cc1cn(Cc2ccccc2)cn1)C(=O)O)C1CCN(c2cc(-c3cccc(Cl)c3Cl)ccn2)CC1. The van der Waals surface area contributed by atoms with Gasteiger partial charge >= 0.3 is 5.97 Å². The van der Waals surface area contributed by atoms with E-state index in [0.717, 1.165) is 22.5 Å². The highest BCUT2D eigenvalue weighted by molar-refractivity contribution is 6.43. The van der Waals surface area contributed by atoms with E-state index in [2.05, 4.69) is 20.2 Å². The average molecular weight is 579 g/mol. The molecule has 0 aliphatic carbocycles. The van der Waals surface area contributed by atoms with Crippen LogP contribution >= 0.6 is 23.2 Å². The molecule has 1 atom stereocenters. The quantitative estimate of drug-likeness (QED) is 0.279. The van der Waals surface area contributed by atoms with Gasteiger partial charge in [-0.05, 0) is 42.2 Å². The van der Waals surface area contributed by atoms with Crippen LogP contribution in [0.2, 0.25) is 10.0 Å². The minimum Gasteiger partial charge on any atom is -0.480 e. The standard InChI is InChI=1S/C30H29Cl2N5O3/c31-25-8-4-7-24(28(25)32)22-9-12-33-27(15-22)37-13-10-21(11-14-37)29(38)35-26(30(39)40)16-23-18-36(19-34-23)17-20-5-2-1-3-6-20/h1-9,12,15,18-19,21,26H,10-11,13-14,16-17H2,(H,35,38)(H,39,40)/t26-/m0/s1. The fraction of sp³-hybridized carbons (Fsp3) is 0.267. The Morgan fingerprint density at radius 1 is 1.02 bits per heavy atom. The monoisotopic (exact) mass is 577 g/mol. The average Bonchev–Trinajstić information content (AvgIpc) is 3.41. The van der Waals surface area contributed by atoms with Crippen molar-refractivity contribution in [3.05, 3.63) is 101 Å². The number of nitrogens with one attached hydrogen (secondary N) is 1. The number of aromatic nitrogens is 3. The first kappa shape index (κ1) is 27.7. The van der Waals surface area contributed by atoms with Gasteiger partial charge in [0.2, 0.25) is 5.91 Å². The number of imidazole rings is 1. The number of pyridine rings is 1. The highest BCUT2D eigenvalue weighted by Gasteiger charge is 2.29. The van der Waals surface area contributed by atoms with Gasteiger partial charge in [-0.15, -0.1) is 0 Å². The smallest absolute Gasteiger partial charge is 0.326 e. The Morgan fingerprint density at radius 3 is 2.55 bits per heavy atom. The van der Waals surface area contributed by atoms with Crippen molar-refractivity contribution in [1.82, 2.24) is 19.9 Å². The van der Waals surface area contributed by atoms with E-state index in [-0.39, 0.29) is 18.2 Å². The second kappa shape index (κ2) is 12.5. The largest absolute Gasteiger partial charge is 0.480 e. The molecular formula is C30H29Cl2N5O3. The molecule has 0 saturated carbocycles. The molecule has 1 fully saturated rings. The van der Waals surface area contributed by atoms with Crippen LogP contribution in [0, 0.1) is 5.92 Å². The highest BCUT2D eigenvalue weighted by Crippen LogP contribution is 2.34. The zero-order valence-electron chi connectivity index (χ0n) is 21.7. The van der Waals surface area contributed by atoms with Crippen molar-refractivity contribution in [3.8, 4) is 11.1 Å². The molecule has 1 saturated heterocycles. The van der Waals surface area contributed by atoms with E-state index in [1.165, 1.54) is 0 Å². The summed E-state index contributed by atoms with van der Waals surface area (Å²) in [6, 6.07) is 18.3. The Bertz CT molecular complexity index is 1490. The second-order valence-corrected chi connectivity index (χ2v) is 10.7. The van der Waals surface area contributed by atoms with E-state index >= 15 is 0 Å². The minimum absolute atomic E-state index is 0.116. The number of carboxylic acid groups (broad SMARTS) is 1. The predicted molar refractivity (Wildman–Crippen MR) is 156 cm³/mol. The Hall–Kier alpha value is -3.88. The summed E-state index contributed by atoms with van der Waals surface area (Å²) in [7, 11) is 0. The fourth-order valence-electron chi connectivity index (χ4n) is 4.95. The highest BCUT2D eigenvalue weighted by atomic mass is 35.5. The normalized spacial score (nSPS) is 14.6. The number of benzene rings is 2. The summed E-state index contributed by atoms with van der Waals surface area (Å²) in [5, 5.41) is 13.5. The first-order valence-electron chi connectivity index (χ1n) is 13.1. The number of halogens is 2. The minimum atomic E-state index is -1.08. The van der Waals surface area contributed by atoms with Gasteiger partial charge in [-0.3, -0.25) is 4.79 Å². The molecule has 0 spiro atoms. The van der Waals surface area contributed by atoms with Crippen LogP contribution in [0.25, 0.3) is 11.1 Å². The molecule has 4 aromatic rings. The zero-order valence-corrected chi connectivity index (χ0v) is 23.2. The molecule has 0 bridgehead atoms. The van der Waals surface area contributed by atoms with Gasteiger partial charge in [0.05, 0.1) is 22.1 Å². The molecule has 10 heteroatoms. The molecule has 2 N–H and O–H groups in total. The summed E-state index contributed by atoms with van der Waals surface area (Å²) >= 11 is 12.6. The third-order valence-corrected chi connectivity index (χ3v) is 7.94. The van der Waals surface area contributed by atoms with Crippen molar-refractivity contribution in [2.75, 3.05) is 18.0 Å². The number of rotatable bonds is 9. The number of aliphatic carboxylic acids is 1. The Morgan fingerprint density at radius 2 is 1.80 bits per heavy atom. The number of hydrogen-bond donors (Lipinski definition) is 2. The number of piperidine rings is 1. The number of hydrogen-bond acceptors (Lipinski definition) is 5. The second-order valence-electron chi connectivity index (χ2n) is 9.89. The predicted octanol–water partition coefficient (Wildman–Crippen LogP) is 5.33. The van der Waals surface area contributed by atoms with Crippen molar-refractivity contribution in [2.45, 2.75) is 31.8 Å². The Balaban J connectivity index is 1.17. The van der Waals surface area contributed by atoms with Gasteiger partial charge in [0, 0.05) is 49.9 Å². The lowest BCUT2D eigenvalue weighted by Crippen LogP contribution is -2.47. The molecule has 0 unspecified atom stereocenters. The molecular weight excluding hydrogens is 549 g/mol. The van der Waals surface area contributed by atoms with Gasteiger partial charge in [-0.25, -0.2) is 14.8 Å². The molecule has 2 aromatic heterocycles. The maximum absolute atomic E-state index is 13.0. The number of amides is 1. The summed E-state index contributed by atoms with van der Waals surface area (Å²) in [6.07, 6.45) is 6.54. The van der Waals surface area contributed by atoms with E-state index in [9.17, 15) is 14.7 Å². The molecule has 0 radical (unpaired) electrons. The van der Waals surface area contributed by atoms with Crippen LogP contribution in [0.5, 0.6) is 0 Å². The van der Waals surface area contributed by atoms with Crippen LogP contribution in [-0.4, -0.2) is 50.6 Å². The lowest BCUT2D eigenvalue weighted by molar-refractivity contribution is -0.142. The first-order chi connectivity index (χ1) is 19.4. The molecule has 5 rings (SSSR count). The van der Waals surface area contributed by atoms with Crippen molar-refractivity contribution in [3.63, 3.8) is 0 Å². The van der Waals surface area contributed by atoms with Crippen LogP contribution in [0.3, 0.4) is 0 Å². The molecule has 206 valence electrons. The molecule has 8 nitrogen and oxygen atoms in total. The van der Waals surface area contributed by atoms with Crippen LogP contribution < -0.4 is 10.2 Å². The number of carbonyl (C=O) groups excluding carboxylic acids is 1. The molecule has 40 heavy (non-hydrogen) atoms. The third-order valence-electron chi connectivity index (χ3n) is 7.12. The molecule has 1 aliphatic rings. The number of carbonyl (C=O) groups is 2. The molecule has 2 aromatic carbocycles. The Kier molecular flexibility index (Phi) is 8.67. The summed E-state index contributed by atoms with van der Waals surface area (Å²) in [5.41, 5.74) is 3.48. The lowest BCUT2D eigenvalue weighted by atomic mass is 9.95. The molecule has 1 amide bonds. The van der Waals surface area contributed by atoms with Crippen LogP contribution in [0.1, 0.15) is 24.1 Å². The number of anilines is 1. The summed E-state index contributed by atoms with van der Waals surface area (Å²) in [6.45, 7) is 1.89. The lowest BCUT2D eigenvalue weighted by Gasteiger charge is -2.32. The van der Waals surface area contributed by atoms with Gasteiger partial charge in [0.15, 0.2) is 0 Å². The number of nitrogens with zero attached hydrogens (tertiary/aromatic N) is 4. The topological polar surface area (TPSA) is 100 Å². The Labute approximate surface area is 242 Å². The summed E-state index contributed by atoms with van der Waals surface area (Å²) in [4.78, 5) is 36.0. The van der Waals surface area contributed by atoms with Crippen LogP contribution in [-0.2, 0) is 22.6 Å². The van der Waals surface area contributed by atoms with Gasteiger partial charge < -0.3 is 19.9 Å². The van der Waals surface area contributed by atoms with E-state index in [1.54, 1.807) is 18.6 Å². The van der Waals surface area contributed by atoms with Crippen molar-refractivity contribution in [2.24, 2.45) is 5.92 Å². The van der Waals surface area contributed by atoms with Gasteiger partial charge in [-0.1, -0.05) is 65.7 Å². The molecule has 3 heterocycles. The van der Waals surface area contributed by atoms with E-state index in [1.807, 2.05) is 65.4 Å². The van der Waals surface area contributed by atoms with Crippen molar-refractivity contribution < 1.29 is 14.7 Å². The maximum atomic E-state index is 13.0. The number of carboxylic acids is 1. The van der Waals surface area contributed by atoms with E-state index < -0.39 is 12.0 Å². The van der Waals surface area contributed by atoms with Crippen molar-refractivity contribution in [1.29, 1.82) is 0 Å². The summed E-state index contributed by atoms with van der Waals surface area (Å²) in [5.74, 6) is -0.812. The van der Waals surface area contributed by atoms with Crippen LogP contribution in [0.4, 0.5) is 5.82 Å². The summed E-state index contributed by atoms with van der Waals surface area (Å²) < 4.78 is 1.91. The van der Waals surface area contributed by atoms with E-state index in [4.69, 9.17) is 23.2 Å². The van der Waals surface area contributed by atoms with Gasteiger partial charge in [0.1, 0.15) is 11.9 Å². The van der Waals surface area contributed by atoms with Gasteiger partial charge in [0.25, 0.3) is 0 Å². The van der Waals surface area contributed by atoms with E-state index in [0.29, 0.717) is 48.2 Å². The molecule has 1 aliphatic heterocycles. The fourth-order valence-corrected chi connectivity index (χ4v) is 5.36. The van der Waals surface area contributed by atoms with Crippen molar-refractivity contribution >= 4 is 40.9 Å². The van der Waals surface area contributed by atoms with Gasteiger partial charge in [-0.2, -0.15) is 0 Å². The van der Waals surface area contributed by atoms with Crippen LogP contribution in [0.15, 0.2) is 79.4 Å².